The molecule has 0 saturated carbocycles. The number of fused-ring (bicyclic) bond motifs is 1. The van der Waals surface area contributed by atoms with Crippen molar-refractivity contribution in [2.45, 2.75) is 38.6 Å². The summed E-state index contributed by atoms with van der Waals surface area (Å²) in [6.07, 6.45) is 4.42. The van der Waals surface area contributed by atoms with E-state index in [0.29, 0.717) is 11.6 Å². The van der Waals surface area contributed by atoms with Crippen molar-refractivity contribution in [3.05, 3.63) is 95.1 Å². The maximum Gasteiger partial charge on any atom is 0.255 e. The normalized spacial score (nSPS) is 13.2. The molecule has 0 unspecified atom stereocenters. The minimum atomic E-state index is -0.110. The molecule has 1 N–H and O–H groups in total. The number of nitrogens with zero attached hydrogens (tertiary/aromatic N) is 1. The first-order valence-electron chi connectivity index (χ1n) is 11.5. The van der Waals surface area contributed by atoms with Crippen LogP contribution in [0.2, 0.25) is 0 Å². The highest BCUT2D eigenvalue weighted by atomic mass is 16.5. The van der Waals surface area contributed by atoms with Gasteiger partial charge in [0.05, 0.1) is 7.11 Å². The summed E-state index contributed by atoms with van der Waals surface area (Å²) in [5.74, 6) is 0.631. The Bertz CT molecular complexity index is 1020. The summed E-state index contributed by atoms with van der Waals surface area (Å²) in [6.45, 7) is 4.40. The summed E-state index contributed by atoms with van der Waals surface area (Å²) in [6, 6.07) is 24.8. The molecule has 0 saturated heterocycles. The predicted molar refractivity (Wildman–Crippen MR) is 131 cm³/mol. The van der Waals surface area contributed by atoms with Crippen LogP contribution in [-0.2, 0) is 19.3 Å². The molecule has 4 nitrogen and oxygen atoms in total. The summed E-state index contributed by atoms with van der Waals surface area (Å²) in [5, 5.41) is 3.02. The lowest BCUT2D eigenvalue weighted by atomic mass is 10.1. The molecule has 4 rings (SSSR count). The molecule has 0 radical (unpaired) electrons. The molecule has 0 aromatic heterocycles. The fourth-order valence-electron chi connectivity index (χ4n) is 4.58. The molecule has 0 heterocycles. The Morgan fingerprint density at radius 2 is 1.69 bits per heavy atom. The van der Waals surface area contributed by atoms with Crippen LogP contribution < -0.4 is 10.1 Å². The standard InChI is InChI=1S/C28H32N2O2/c1-3-16-30(26-19-23-8-4-5-9-24(23)20-26)17-15-21-7-6-10-25(18-21)29-28(31)22-11-13-27(32-2)14-12-22/h4-14,18,26H,3,15-17,19-20H2,1-2H3,(H,29,31). The van der Waals surface area contributed by atoms with Crippen LogP contribution in [0.3, 0.4) is 0 Å². The number of hydrogen-bond acceptors (Lipinski definition) is 3. The van der Waals surface area contributed by atoms with Gasteiger partial charge in [-0.2, -0.15) is 0 Å². The number of nitrogens with one attached hydrogen (secondary N) is 1. The van der Waals surface area contributed by atoms with Gasteiger partial charge in [-0.3, -0.25) is 9.69 Å². The first-order valence-corrected chi connectivity index (χ1v) is 11.5. The maximum atomic E-state index is 12.6. The highest BCUT2D eigenvalue weighted by molar-refractivity contribution is 6.04. The van der Waals surface area contributed by atoms with E-state index in [0.717, 1.165) is 50.2 Å². The molecule has 166 valence electrons. The third kappa shape index (κ3) is 5.38. The Kier molecular flexibility index (Phi) is 7.23. The molecular formula is C28H32N2O2. The SMILES string of the molecule is CCCN(CCc1cccc(NC(=O)c2ccc(OC)cc2)c1)C1Cc2ccccc2C1. The molecule has 4 heteroatoms. The Morgan fingerprint density at radius 1 is 0.969 bits per heavy atom. The second-order valence-corrected chi connectivity index (χ2v) is 8.50. The predicted octanol–water partition coefficient (Wildman–Crippen LogP) is 5.37. The van der Waals surface area contributed by atoms with E-state index < -0.39 is 0 Å². The van der Waals surface area contributed by atoms with Gasteiger partial charge in [0.1, 0.15) is 5.75 Å². The number of carbonyl (C=O) groups is 1. The summed E-state index contributed by atoms with van der Waals surface area (Å²) in [7, 11) is 1.62. The van der Waals surface area contributed by atoms with Crippen molar-refractivity contribution < 1.29 is 9.53 Å². The van der Waals surface area contributed by atoms with Gasteiger partial charge in [0.25, 0.3) is 5.91 Å². The van der Waals surface area contributed by atoms with Gasteiger partial charge in [-0.25, -0.2) is 0 Å². The van der Waals surface area contributed by atoms with Crippen molar-refractivity contribution in [2.24, 2.45) is 0 Å². The zero-order chi connectivity index (χ0) is 22.3. The second kappa shape index (κ2) is 10.5. The van der Waals surface area contributed by atoms with Gasteiger partial charge < -0.3 is 10.1 Å². The average molecular weight is 429 g/mol. The van der Waals surface area contributed by atoms with Crippen molar-refractivity contribution in [1.29, 1.82) is 0 Å². The molecule has 1 aliphatic rings. The molecule has 0 atom stereocenters. The van der Waals surface area contributed by atoms with Gasteiger partial charge in [0.2, 0.25) is 0 Å². The molecule has 0 spiro atoms. The fourth-order valence-corrected chi connectivity index (χ4v) is 4.58. The van der Waals surface area contributed by atoms with E-state index in [1.807, 2.05) is 12.1 Å². The van der Waals surface area contributed by atoms with E-state index >= 15 is 0 Å². The van der Waals surface area contributed by atoms with Crippen LogP contribution in [-0.4, -0.2) is 37.0 Å². The number of anilines is 1. The Morgan fingerprint density at radius 3 is 2.34 bits per heavy atom. The van der Waals surface area contributed by atoms with E-state index in [1.165, 1.54) is 16.7 Å². The van der Waals surface area contributed by atoms with Crippen molar-refractivity contribution in [1.82, 2.24) is 4.90 Å². The number of ether oxygens (including phenoxy) is 1. The lowest BCUT2D eigenvalue weighted by Crippen LogP contribution is -2.38. The number of carbonyl (C=O) groups excluding carboxylic acids is 1. The zero-order valence-electron chi connectivity index (χ0n) is 19.0. The van der Waals surface area contributed by atoms with Crippen molar-refractivity contribution in [3.8, 4) is 5.75 Å². The summed E-state index contributed by atoms with van der Waals surface area (Å²) < 4.78 is 5.17. The molecule has 3 aromatic carbocycles. The number of benzene rings is 3. The fraction of sp³-hybridized carbons (Fsp3) is 0.321. The van der Waals surface area contributed by atoms with E-state index in [-0.39, 0.29) is 5.91 Å². The van der Waals surface area contributed by atoms with Crippen LogP contribution in [0, 0.1) is 0 Å². The van der Waals surface area contributed by atoms with Crippen LogP contribution in [0.4, 0.5) is 5.69 Å². The van der Waals surface area contributed by atoms with E-state index in [4.69, 9.17) is 4.74 Å². The number of amides is 1. The molecule has 0 aliphatic heterocycles. The summed E-state index contributed by atoms with van der Waals surface area (Å²) in [5.41, 5.74) is 5.70. The van der Waals surface area contributed by atoms with Gasteiger partial charge in [0.15, 0.2) is 0 Å². The van der Waals surface area contributed by atoms with Gasteiger partial charge in [-0.15, -0.1) is 0 Å². The van der Waals surface area contributed by atoms with Crippen LogP contribution in [0.15, 0.2) is 72.8 Å². The lowest BCUT2D eigenvalue weighted by Gasteiger charge is -2.28. The number of hydrogen-bond donors (Lipinski definition) is 1. The zero-order valence-corrected chi connectivity index (χ0v) is 19.0. The quantitative estimate of drug-likeness (QED) is 0.498. The van der Waals surface area contributed by atoms with E-state index in [9.17, 15) is 4.79 Å². The van der Waals surface area contributed by atoms with Gasteiger partial charge in [-0.1, -0.05) is 43.3 Å². The van der Waals surface area contributed by atoms with E-state index in [2.05, 4.69) is 53.5 Å². The van der Waals surface area contributed by atoms with Crippen molar-refractivity contribution >= 4 is 11.6 Å². The smallest absolute Gasteiger partial charge is 0.255 e. The van der Waals surface area contributed by atoms with Crippen LogP contribution in [0.1, 0.15) is 40.4 Å². The molecule has 1 aliphatic carbocycles. The van der Waals surface area contributed by atoms with Gasteiger partial charge in [-0.05, 0) is 85.3 Å². The largest absolute Gasteiger partial charge is 0.497 e. The van der Waals surface area contributed by atoms with Crippen molar-refractivity contribution in [2.75, 3.05) is 25.5 Å². The minimum Gasteiger partial charge on any atom is -0.497 e. The Balaban J connectivity index is 1.36. The first-order chi connectivity index (χ1) is 15.7. The Hall–Kier alpha value is -3.11. The second-order valence-electron chi connectivity index (χ2n) is 8.50. The summed E-state index contributed by atoms with van der Waals surface area (Å²) >= 11 is 0. The molecule has 0 bridgehead atoms. The lowest BCUT2D eigenvalue weighted by molar-refractivity contribution is 0.102. The molecule has 32 heavy (non-hydrogen) atoms. The third-order valence-corrected chi connectivity index (χ3v) is 6.28. The summed E-state index contributed by atoms with van der Waals surface area (Å²) in [4.78, 5) is 15.2. The van der Waals surface area contributed by atoms with Crippen LogP contribution in [0.25, 0.3) is 0 Å². The van der Waals surface area contributed by atoms with Crippen LogP contribution >= 0.6 is 0 Å². The van der Waals surface area contributed by atoms with Crippen molar-refractivity contribution in [3.63, 3.8) is 0 Å². The maximum absolute atomic E-state index is 12.6. The highest BCUT2D eigenvalue weighted by Gasteiger charge is 2.25. The van der Waals surface area contributed by atoms with Crippen LogP contribution in [0.5, 0.6) is 5.75 Å². The molecule has 3 aromatic rings. The minimum absolute atomic E-state index is 0.110. The van der Waals surface area contributed by atoms with E-state index in [1.54, 1.807) is 31.4 Å². The highest BCUT2D eigenvalue weighted by Crippen LogP contribution is 2.26. The molecule has 1 amide bonds. The van der Waals surface area contributed by atoms with Gasteiger partial charge in [0, 0.05) is 23.8 Å². The number of rotatable bonds is 9. The third-order valence-electron chi connectivity index (χ3n) is 6.28. The number of methoxy groups -OCH3 is 1. The topological polar surface area (TPSA) is 41.6 Å². The van der Waals surface area contributed by atoms with Gasteiger partial charge >= 0.3 is 0 Å². The first kappa shape index (κ1) is 22.1. The molecule has 0 fully saturated rings. The molecular weight excluding hydrogens is 396 g/mol. The monoisotopic (exact) mass is 428 g/mol. The Labute approximate surface area is 191 Å². The average Bonchev–Trinajstić information content (AvgIpc) is 3.26.